The molecule has 1 fully saturated rings. The van der Waals surface area contributed by atoms with Gasteiger partial charge in [-0.05, 0) is 19.0 Å². The molecule has 0 atom stereocenters. The summed E-state index contributed by atoms with van der Waals surface area (Å²) in [5, 5.41) is 8.97. The summed E-state index contributed by atoms with van der Waals surface area (Å²) in [5.41, 5.74) is 2.35. The van der Waals surface area contributed by atoms with Crippen LogP contribution in [-0.2, 0) is 10.0 Å². The zero-order valence-corrected chi connectivity index (χ0v) is 12.6. The average molecular weight is 315 g/mol. The molecule has 0 saturated carbocycles. The summed E-state index contributed by atoms with van der Waals surface area (Å²) in [7, 11) is -3.55. The Labute approximate surface area is 124 Å². The van der Waals surface area contributed by atoms with Gasteiger partial charge in [-0.25, -0.2) is 19.2 Å². The number of nitrogens with one attached hydrogen (secondary N) is 1. The van der Waals surface area contributed by atoms with Crippen LogP contribution in [0.3, 0.4) is 0 Å². The lowest BCUT2D eigenvalue weighted by molar-refractivity contribution is 0.202. The third-order valence-corrected chi connectivity index (χ3v) is 5.38. The molecule has 0 spiro atoms. The zero-order valence-electron chi connectivity index (χ0n) is 11.8. The molecule has 4 N–H and O–H groups in total. The Morgan fingerprint density at radius 2 is 2.14 bits per heavy atom. The summed E-state index contributed by atoms with van der Waals surface area (Å²) < 4.78 is 26.7. The third-order valence-electron chi connectivity index (χ3n) is 3.48. The Bertz CT molecular complexity index is 566. The minimum atomic E-state index is -3.55. The Hall–Kier alpha value is -1.26. The second-order valence-corrected chi connectivity index (χ2v) is 6.78. The SMILES string of the molecule is NNc1cc(S(=O)(=O)N2CCCN(CCO)CC2)ccn1. The topological polar surface area (TPSA) is 112 Å². The number of aliphatic hydroxyl groups is 1. The minimum Gasteiger partial charge on any atom is -0.395 e. The van der Waals surface area contributed by atoms with Crippen molar-refractivity contribution in [3.63, 3.8) is 0 Å². The van der Waals surface area contributed by atoms with E-state index in [4.69, 9.17) is 10.9 Å². The van der Waals surface area contributed by atoms with E-state index in [1.54, 1.807) is 0 Å². The van der Waals surface area contributed by atoms with E-state index < -0.39 is 10.0 Å². The molecule has 1 aliphatic heterocycles. The molecular weight excluding hydrogens is 294 g/mol. The van der Waals surface area contributed by atoms with Crippen LogP contribution in [0.4, 0.5) is 5.82 Å². The Morgan fingerprint density at radius 1 is 1.33 bits per heavy atom. The zero-order chi connectivity index (χ0) is 15.3. The molecule has 0 amide bonds. The molecule has 1 saturated heterocycles. The van der Waals surface area contributed by atoms with E-state index in [1.807, 2.05) is 0 Å². The monoisotopic (exact) mass is 315 g/mol. The van der Waals surface area contributed by atoms with Crippen molar-refractivity contribution in [1.82, 2.24) is 14.2 Å². The van der Waals surface area contributed by atoms with Gasteiger partial charge in [-0.3, -0.25) is 4.90 Å². The van der Waals surface area contributed by atoms with Crippen molar-refractivity contribution in [1.29, 1.82) is 0 Å². The predicted octanol–water partition coefficient (Wildman–Crippen LogP) is -0.944. The smallest absolute Gasteiger partial charge is 0.243 e. The highest BCUT2D eigenvalue weighted by Crippen LogP contribution is 2.19. The van der Waals surface area contributed by atoms with Crippen LogP contribution in [0.5, 0.6) is 0 Å². The Balaban J connectivity index is 2.15. The third kappa shape index (κ3) is 3.89. The van der Waals surface area contributed by atoms with Crippen LogP contribution in [0.15, 0.2) is 23.2 Å². The standard InChI is InChI=1S/C12H21N5O3S/c13-15-12-10-11(2-3-14-12)21(19,20)17-5-1-4-16(6-7-17)8-9-18/h2-3,10,18H,1,4-9,13H2,(H,14,15). The molecule has 9 heteroatoms. The maximum Gasteiger partial charge on any atom is 0.243 e. The normalized spacial score (nSPS) is 18.4. The van der Waals surface area contributed by atoms with Gasteiger partial charge in [-0.1, -0.05) is 0 Å². The first-order valence-electron chi connectivity index (χ1n) is 6.84. The largest absolute Gasteiger partial charge is 0.395 e. The summed E-state index contributed by atoms with van der Waals surface area (Å²) in [4.78, 5) is 6.16. The first-order chi connectivity index (χ1) is 10.1. The molecule has 118 valence electrons. The number of hydrazine groups is 1. The lowest BCUT2D eigenvalue weighted by Gasteiger charge is -2.21. The molecule has 1 aliphatic rings. The van der Waals surface area contributed by atoms with Crippen molar-refractivity contribution in [3.05, 3.63) is 18.3 Å². The quantitative estimate of drug-likeness (QED) is 0.475. The average Bonchev–Trinajstić information content (AvgIpc) is 2.74. The van der Waals surface area contributed by atoms with Gasteiger partial charge in [0.15, 0.2) is 0 Å². The summed E-state index contributed by atoms with van der Waals surface area (Å²) in [6.45, 7) is 2.95. The summed E-state index contributed by atoms with van der Waals surface area (Å²) in [5.74, 6) is 5.58. The number of nitrogen functional groups attached to an aromatic ring is 1. The highest BCUT2D eigenvalue weighted by atomic mass is 32.2. The molecule has 0 aliphatic carbocycles. The maximum absolute atomic E-state index is 12.6. The first-order valence-corrected chi connectivity index (χ1v) is 8.28. The lowest BCUT2D eigenvalue weighted by Crippen LogP contribution is -2.36. The number of anilines is 1. The van der Waals surface area contributed by atoms with E-state index in [2.05, 4.69) is 15.3 Å². The number of rotatable bonds is 5. The fraction of sp³-hybridized carbons (Fsp3) is 0.583. The molecule has 21 heavy (non-hydrogen) atoms. The van der Waals surface area contributed by atoms with Crippen LogP contribution < -0.4 is 11.3 Å². The van der Waals surface area contributed by atoms with Crippen LogP contribution in [0.25, 0.3) is 0 Å². The lowest BCUT2D eigenvalue weighted by atomic mass is 10.4. The van der Waals surface area contributed by atoms with Gasteiger partial charge in [-0.2, -0.15) is 4.31 Å². The van der Waals surface area contributed by atoms with Gasteiger partial charge in [0.2, 0.25) is 10.0 Å². The molecule has 8 nitrogen and oxygen atoms in total. The van der Waals surface area contributed by atoms with E-state index in [-0.39, 0.29) is 11.5 Å². The fourth-order valence-corrected chi connectivity index (χ4v) is 3.84. The van der Waals surface area contributed by atoms with Crippen LogP contribution in [0.2, 0.25) is 0 Å². The van der Waals surface area contributed by atoms with Gasteiger partial charge in [-0.15, -0.1) is 0 Å². The molecule has 2 rings (SSSR count). The number of β-amino-alcohol motifs (C(OH)–C–C–N with tert-alkyl or cyclic N) is 1. The van der Waals surface area contributed by atoms with Gasteiger partial charge >= 0.3 is 0 Å². The Kier molecular flexibility index (Phi) is 5.48. The number of aromatic nitrogens is 1. The fourth-order valence-electron chi connectivity index (χ4n) is 2.35. The highest BCUT2D eigenvalue weighted by molar-refractivity contribution is 7.89. The number of hydrogen-bond acceptors (Lipinski definition) is 7. The molecule has 1 aromatic heterocycles. The number of hydrogen-bond donors (Lipinski definition) is 3. The van der Waals surface area contributed by atoms with Crippen molar-refractivity contribution in [2.75, 3.05) is 44.8 Å². The van der Waals surface area contributed by atoms with Gasteiger partial charge in [0.1, 0.15) is 5.82 Å². The second-order valence-electron chi connectivity index (χ2n) is 4.84. The maximum atomic E-state index is 12.6. The van der Waals surface area contributed by atoms with Gasteiger partial charge in [0.25, 0.3) is 0 Å². The Morgan fingerprint density at radius 3 is 2.86 bits per heavy atom. The van der Waals surface area contributed by atoms with Gasteiger partial charge < -0.3 is 10.5 Å². The molecule has 0 radical (unpaired) electrons. The molecule has 1 aromatic rings. The second kappa shape index (κ2) is 7.14. The van der Waals surface area contributed by atoms with Crippen molar-refractivity contribution < 1.29 is 13.5 Å². The van der Waals surface area contributed by atoms with Crippen molar-refractivity contribution in [3.8, 4) is 0 Å². The van der Waals surface area contributed by atoms with Gasteiger partial charge in [0.05, 0.1) is 11.5 Å². The molecule has 2 heterocycles. The van der Waals surface area contributed by atoms with Crippen LogP contribution in [0, 0.1) is 0 Å². The minimum absolute atomic E-state index is 0.0859. The van der Waals surface area contributed by atoms with Crippen molar-refractivity contribution in [2.24, 2.45) is 5.84 Å². The van der Waals surface area contributed by atoms with Gasteiger partial charge in [0, 0.05) is 38.4 Å². The number of sulfonamides is 1. The summed E-state index contributed by atoms with van der Waals surface area (Å²) in [6, 6.07) is 2.89. The van der Waals surface area contributed by atoms with E-state index in [9.17, 15) is 8.42 Å². The van der Waals surface area contributed by atoms with E-state index >= 15 is 0 Å². The molecule has 0 aromatic carbocycles. The molecular formula is C12H21N5O3S. The molecule has 0 unspecified atom stereocenters. The van der Waals surface area contributed by atoms with E-state index in [0.29, 0.717) is 32.0 Å². The number of nitrogens with zero attached hydrogens (tertiary/aromatic N) is 3. The predicted molar refractivity (Wildman–Crippen MR) is 78.9 cm³/mol. The van der Waals surface area contributed by atoms with E-state index in [1.165, 1.54) is 22.6 Å². The summed E-state index contributed by atoms with van der Waals surface area (Å²) in [6.07, 6.45) is 2.16. The molecule has 0 bridgehead atoms. The summed E-state index contributed by atoms with van der Waals surface area (Å²) >= 11 is 0. The number of nitrogens with two attached hydrogens (primary N) is 1. The first kappa shape index (κ1) is 16.1. The van der Waals surface area contributed by atoms with E-state index in [0.717, 1.165) is 13.0 Å². The van der Waals surface area contributed by atoms with Crippen molar-refractivity contribution >= 4 is 15.8 Å². The highest BCUT2D eigenvalue weighted by Gasteiger charge is 2.27. The number of pyridine rings is 1. The van der Waals surface area contributed by atoms with Crippen molar-refractivity contribution in [2.45, 2.75) is 11.3 Å². The van der Waals surface area contributed by atoms with Crippen LogP contribution in [0.1, 0.15) is 6.42 Å². The van der Waals surface area contributed by atoms with Crippen LogP contribution >= 0.6 is 0 Å². The van der Waals surface area contributed by atoms with Crippen LogP contribution in [-0.4, -0.2) is 67.0 Å². The number of aliphatic hydroxyl groups excluding tert-OH is 1.